The van der Waals surface area contributed by atoms with Gasteiger partial charge in [0.2, 0.25) is 0 Å². The van der Waals surface area contributed by atoms with Crippen LogP contribution in [0.25, 0.3) is 0 Å². The molecule has 0 heterocycles. The number of alkyl halides is 1. The summed E-state index contributed by atoms with van der Waals surface area (Å²) in [5.41, 5.74) is 0. The van der Waals surface area contributed by atoms with Gasteiger partial charge in [-0.2, -0.15) is 0 Å². The Hall–Kier alpha value is 1.44. The van der Waals surface area contributed by atoms with Crippen LogP contribution in [0.5, 0.6) is 0 Å². The molecule has 1 radical (unpaired) electrons. The number of halogens is 1. The molecule has 7 heavy (non-hydrogen) atoms. The molecule has 0 aromatic rings. The molecular formula is C4H11ClHgSi. The summed E-state index contributed by atoms with van der Waals surface area (Å²) in [5.74, 6) is 0. The van der Waals surface area contributed by atoms with Crippen molar-refractivity contribution in [1.29, 1.82) is 0 Å². The van der Waals surface area contributed by atoms with E-state index in [0.717, 1.165) is 29.5 Å². The van der Waals surface area contributed by atoms with Crippen molar-refractivity contribution in [2.75, 3.05) is 3.39 Å². The third kappa shape index (κ3) is 106. The zero-order valence-corrected chi connectivity index (χ0v) is 12.5. The van der Waals surface area contributed by atoms with Crippen LogP contribution in [0.2, 0.25) is 19.6 Å². The average molecular weight is 323 g/mol. The molecule has 0 aromatic heterocycles. The van der Waals surface area contributed by atoms with E-state index in [1.807, 2.05) is 0 Å². The van der Waals surface area contributed by atoms with Crippen LogP contribution in [0.4, 0.5) is 0 Å². The number of hydrogen-bond acceptors (Lipinski definition) is 0. The van der Waals surface area contributed by atoms with Gasteiger partial charge in [-0.15, -0.1) is 0 Å². The third-order valence-corrected chi connectivity index (χ3v) is 0. The van der Waals surface area contributed by atoms with E-state index < -0.39 is 0 Å². The maximum atomic E-state index is 5.08. The molecule has 0 saturated carbocycles. The molecule has 0 aliphatic rings. The quantitative estimate of drug-likeness (QED) is 0.473. The van der Waals surface area contributed by atoms with Gasteiger partial charge in [0.25, 0.3) is 0 Å². The molecule has 0 saturated heterocycles. The molecule has 0 bridgehead atoms. The second-order valence-electron chi connectivity index (χ2n) is 1.69. The van der Waals surface area contributed by atoms with Gasteiger partial charge in [0, 0.05) is 8.80 Å². The summed E-state index contributed by atoms with van der Waals surface area (Å²) in [6, 6.07) is 0. The van der Waals surface area contributed by atoms with Crippen molar-refractivity contribution >= 4 is 20.4 Å². The van der Waals surface area contributed by atoms with Gasteiger partial charge in [-0.05, 0) is 0 Å². The number of hydrogen-bond donors (Lipinski definition) is 0. The minimum atomic E-state index is 0.120. The van der Waals surface area contributed by atoms with Gasteiger partial charge in [-0.1, -0.05) is 19.6 Å². The van der Waals surface area contributed by atoms with Crippen LogP contribution in [0.1, 0.15) is 0 Å². The molecule has 0 unspecified atom stereocenters. The van der Waals surface area contributed by atoms with Crippen LogP contribution >= 0.6 is 11.6 Å². The van der Waals surface area contributed by atoms with Gasteiger partial charge >= 0.3 is 41.1 Å². The van der Waals surface area contributed by atoms with Gasteiger partial charge in [0.05, 0.1) is 0 Å². The van der Waals surface area contributed by atoms with Gasteiger partial charge in [-0.3, -0.25) is 0 Å². The summed E-state index contributed by atoms with van der Waals surface area (Å²) in [5, 5.41) is 0. The Labute approximate surface area is 69.2 Å². The Morgan fingerprint density at radius 1 is 1.43 bits per heavy atom. The van der Waals surface area contributed by atoms with E-state index in [1.54, 1.807) is 0 Å². The fourth-order valence-electron chi connectivity index (χ4n) is 0. The second-order valence-corrected chi connectivity index (χ2v) is 9.47. The predicted molar refractivity (Wildman–Crippen MR) is 34.1 cm³/mol. The average Bonchev–Trinajstić information content (AvgIpc) is 1.33. The maximum absolute atomic E-state index is 5.08. The molecule has 0 atom stereocenters. The van der Waals surface area contributed by atoms with Crippen LogP contribution in [0, 0.1) is 0 Å². The van der Waals surface area contributed by atoms with Crippen molar-refractivity contribution < 1.29 is 26.1 Å². The van der Waals surface area contributed by atoms with Crippen molar-refractivity contribution in [2.24, 2.45) is 0 Å². The van der Waals surface area contributed by atoms with E-state index in [9.17, 15) is 0 Å². The van der Waals surface area contributed by atoms with Crippen molar-refractivity contribution in [2.45, 2.75) is 19.6 Å². The van der Waals surface area contributed by atoms with Crippen molar-refractivity contribution in [3.8, 4) is 0 Å². The molecule has 0 rings (SSSR count). The second kappa shape index (κ2) is 10.4. The summed E-state index contributed by atoms with van der Waals surface area (Å²) >= 11 is 5.92. The molecule has 0 spiro atoms. The molecule has 0 N–H and O–H groups in total. The molecule has 40 valence electrons. The zero-order chi connectivity index (χ0) is 6.28. The van der Waals surface area contributed by atoms with Crippen LogP contribution in [-0.2, 0) is 26.1 Å². The fraction of sp³-hybridized carbons (Fsp3) is 1.00. The molecular weight excluding hydrogens is 312 g/mol. The standard InChI is InChI=1S/C3H9Si.CH2Cl.Hg/c1-4(2)3;1-2;/h1-3H3;1H2;. The Bertz CT molecular complexity index is 22.9. The molecule has 0 aromatic carbocycles. The summed E-state index contributed by atoms with van der Waals surface area (Å²) < 4.78 is 0.917. The normalized spacial score (nSPS) is 7.86. The molecule has 0 fully saturated rings. The van der Waals surface area contributed by atoms with Gasteiger partial charge in [0.1, 0.15) is 0 Å². The first-order valence-corrected chi connectivity index (χ1v) is 9.69. The molecule has 3 heteroatoms. The molecule has 0 nitrogen and oxygen atoms in total. The van der Waals surface area contributed by atoms with Crippen molar-refractivity contribution in [3.05, 3.63) is 0 Å². The van der Waals surface area contributed by atoms with Gasteiger partial charge < -0.3 is 0 Å². The van der Waals surface area contributed by atoms with Crippen molar-refractivity contribution in [1.82, 2.24) is 0 Å². The van der Waals surface area contributed by atoms with E-state index in [4.69, 9.17) is 11.6 Å². The van der Waals surface area contributed by atoms with Gasteiger partial charge in [0.15, 0.2) is 0 Å². The zero-order valence-electron chi connectivity index (χ0n) is 5.29. The topological polar surface area (TPSA) is 0 Å². The minimum absolute atomic E-state index is 0.120. The number of rotatable bonds is 0. The first-order valence-electron chi connectivity index (χ1n) is 2.27. The Kier molecular flexibility index (Phi) is 16.8. The first kappa shape index (κ1) is 11.3. The summed E-state index contributed by atoms with van der Waals surface area (Å²) in [6.45, 7) is 6.81. The van der Waals surface area contributed by atoms with Crippen molar-refractivity contribution in [3.63, 3.8) is 0 Å². The van der Waals surface area contributed by atoms with E-state index in [1.165, 1.54) is 0 Å². The SMILES string of the molecule is C[Si](C)C.Cl[CH2][Hg]. The van der Waals surface area contributed by atoms with E-state index in [-0.39, 0.29) is 8.80 Å². The summed E-state index contributed by atoms with van der Waals surface area (Å²) in [6.07, 6.45) is 0. The summed E-state index contributed by atoms with van der Waals surface area (Å²) in [7, 11) is 0.120. The Morgan fingerprint density at radius 2 is 1.43 bits per heavy atom. The third-order valence-electron chi connectivity index (χ3n) is 0. The van der Waals surface area contributed by atoms with Crippen LogP contribution < -0.4 is 0 Å². The Balaban J connectivity index is 0. The molecule has 0 aliphatic carbocycles. The van der Waals surface area contributed by atoms with Crippen LogP contribution in [0.15, 0.2) is 0 Å². The monoisotopic (exact) mass is 324 g/mol. The van der Waals surface area contributed by atoms with Crippen LogP contribution in [-0.4, -0.2) is 12.2 Å². The molecule has 0 aliphatic heterocycles. The summed E-state index contributed by atoms with van der Waals surface area (Å²) in [4.78, 5) is 0. The van der Waals surface area contributed by atoms with Gasteiger partial charge in [-0.25, -0.2) is 0 Å². The fourth-order valence-corrected chi connectivity index (χ4v) is 0. The van der Waals surface area contributed by atoms with E-state index >= 15 is 0 Å². The van der Waals surface area contributed by atoms with E-state index in [2.05, 4.69) is 19.6 Å². The molecule has 0 amide bonds. The van der Waals surface area contributed by atoms with Crippen LogP contribution in [0.3, 0.4) is 0 Å². The predicted octanol–water partition coefficient (Wildman–Crippen LogP) is 2.10. The Morgan fingerprint density at radius 3 is 1.43 bits per heavy atom. The first-order chi connectivity index (χ1) is 3.15. The van der Waals surface area contributed by atoms with E-state index in [0.29, 0.717) is 0 Å².